The molecule has 0 radical (unpaired) electrons. The summed E-state index contributed by atoms with van der Waals surface area (Å²) in [5.74, 6) is 0.549. The number of rotatable bonds is 10. The Labute approximate surface area is 180 Å². The first-order valence-electron chi connectivity index (χ1n) is 10.6. The number of amides is 2. The van der Waals surface area contributed by atoms with Crippen molar-refractivity contribution in [2.45, 2.75) is 65.6 Å². The van der Waals surface area contributed by atoms with Crippen LogP contribution < -0.4 is 10.1 Å². The Morgan fingerprint density at radius 3 is 2.27 bits per heavy atom. The van der Waals surface area contributed by atoms with Gasteiger partial charge < -0.3 is 15.0 Å². The van der Waals surface area contributed by atoms with Crippen molar-refractivity contribution in [3.63, 3.8) is 0 Å². The number of hydrogen-bond donors (Lipinski definition) is 1. The molecule has 0 aliphatic rings. The standard InChI is InChI=1S/C25H34N2O3/c1-6-20-10-12-21(13-11-20)14-15-24(28)27(19(4)25(29)26-18(2)3)17-22-8-7-9-23(16-22)30-5/h7-13,16,18-19H,6,14-15,17H2,1-5H3,(H,26,29)/t19-/m1/s1. The summed E-state index contributed by atoms with van der Waals surface area (Å²) in [4.78, 5) is 27.4. The van der Waals surface area contributed by atoms with Crippen molar-refractivity contribution in [2.24, 2.45) is 0 Å². The average Bonchev–Trinajstić information content (AvgIpc) is 2.75. The number of methoxy groups -OCH3 is 1. The summed E-state index contributed by atoms with van der Waals surface area (Å²) in [6.45, 7) is 8.10. The van der Waals surface area contributed by atoms with Gasteiger partial charge in [-0.3, -0.25) is 9.59 Å². The fourth-order valence-electron chi connectivity index (χ4n) is 3.29. The van der Waals surface area contributed by atoms with E-state index in [2.05, 4.69) is 36.5 Å². The van der Waals surface area contributed by atoms with Crippen LogP contribution in [0.15, 0.2) is 48.5 Å². The van der Waals surface area contributed by atoms with Gasteiger partial charge >= 0.3 is 0 Å². The quantitative estimate of drug-likeness (QED) is 0.641. The highest BCUT2D eigenvalue weighted by molar-refractivity contribution is 5.87. The van der Waals surface area contributed by atoms with E-state index in [1.807, 2.05) is 38.1 Å². The molecule has 1 atom stereocenters. The summed E-state index contributed by atoms with van der Waals surface area (Å²) in [6.07, 6.45) is 2.00. The normalized spacial score (nSPS) is 11.8. The Balaban J connectivity index is 2.15. The number of ether oxygens (including phenoxy) is 1. The summed E-state index contributed by atoms with van der Waals surface area (Å²) in [5.41, 5.74) is 3.34. The van der Waals surface area contributed by atoms with E-state index >= 15 is 0 Å². The molecular weight excluding hydrogens is 376 g/mol. The maximum Gasteiger partial charge on any atom is 0.242 e. The van der Waals surface area contributed by atoms with Crippen LogP contribution in [0.1, 0.15) is 50.8 Å². The molecule has 2 aromatic rings. The van der Waals surface area contributed by atoms with Gasteiger partial charge in [0.1, 0.15) is 11.8 Å². The highest BCUT2D eigenvalue weighted by Gasteiger charge is 2.26. The van der Waals surface area contributed by atoms with Crippen molar-refractivity contribution in [1.82, 2.24) is 10.2 Å². The second-order valence-corrected chi connectivity index (χ2v) is 7.88. The Morgan fingerprint density at radius 2 is 1.67 bits per heavy atom. The van der Waals surface area contributed by atoms with Crippen LogP contribution in [-0.4, -0.2) is 35.9 Å². The Morgan fingerprint density at radius 1 is 1.00 bits per heavy atom. The second kappa shape index (κ2) is 11.4. The van der Waals surface area contributed by atoms with Crippen LogP contribution >= 0.6 is 0 Å². The number of nitrogens with zero attached hydrogens (tertiary/aromatic N) is 1. The third-order valence-electron chi connectivity index (χ3n) is 5.14. The van der Waals surface area contributed by atoms with Gasteiger partial charge in [-0.1, -0.05) is 43.3 Å². The molecular formula is C25H34N2O3. The predicted molar refractivity (Wildman–Crippen MR) is 120 cm³/mol. The SMILES string of the molecule is CCc1ccc(CCC(=O)N(Cc2cccc(OC)c2)[C@H](C)C(=O)NC(C)C)cc1. The van der Waals surface area contributed by atoms with Gasteiger partial charge in [0.2, 0.25) is 11.8 Å². The van der Waals surface area contributed by atoms with Gasteiger partial charge in [-0.15, -0.1) is 0 Å². The molecule has 0 aliphatic heterocycles. The van der Waals surface area contributed by atoms with Crippen LogP contribution in [0.4, 0.5) is 0 Å². The first kappa shape index (κ1) is 23.5. The lowest BCUT2D eigenvalue weighted by Crippen LogP contribution is -2.49. The van der Waals surface area contributed by atoms with Gasteiger partial charge in [0, 0.05) is 19.0 Å². The molecule has 0 aromatic heterocycles. The molecule has 2 rings (SSSR count). The lowest BCUT2D eigenvalue weighted by atomic mass is 10.0. The summed E-state index contributed by atoms with van der Waals surface area (Å²) < 4.78 is 5.30. The minimum atomic E-state index is -0.562. The molecule has 0 spiro atoms. The summed E-state index contributed by atoms with van der Waals surface area (Å²) in [6, 6.07) is 15.4. The van der Waals surface area contributed by atoms with E-state index in [4.69, 9.17) is 4.74 Å². The molecule has 162 valence electrons. The van der Waals surface area contributed by atoms with Crippen molar-refractivity contribution in [2.75, 3.05) is 7.11 Å². The topological polar surface area (TPSA) is 58.6 Å². The van der Waals surface area contributed by atoms with Crippen molar-refractivity contribution in [3.05, 3.63) is 65.2 Å². The Bertz CT molecular complexity index is 831. The lowest BCUT2D eigenvalue weighted by Gasteiger charge is -2.29. The van der Waals surface area contributed by atoms with Crippen molar-refractivity contribution in [1.29, 1.82) is 0 Å². The van der Waals surface area contributed by atoms with Gasteiger partial charge in [0.05, 0.1) is 7.11 Å². The molecule has 0 aliphatic carbocycles. The van der Waals surface area contributed by atoms with E-state index in [1.54, 1.807) is 18.9 Å². The zero-order valence-electron chi connectivity index (χ0n) is 18.8. The van der Waals surface area contributed by atoms with Crippen LogP contribution in [0.3, 0.4) is 0 Å². The largest absolute Gasteiger partial charge is 0.497 e. The molecule has 0 unspecified atom stereocenters. The number of carbonyl (C=O) groups is 2. The fourth-order valence-corrected chi connectivity index (χ4v) is 3.29. The molecule has 0 saturated carbocycles. The van der Waals surface area contributed by atoms with Crippen molar-refractivity contribution >= 4 is 11.8 Å². The van der Waals surface area contributed by atoms with E-state index in [9.17, 15) is 9.59 Å². The highest BCUT2D eigenvalue weighted by atomic mass is 16.5. The van der Waals surface area contributed by atoms with Crippen LogP contribution in [-0.2, 0) is 29.0 Å². The Hall–Kier alpha value is -2.82. The smallest absolute Gasteiger partial charge is 0.242 e. The highest BCUT2D eigenvalue weighted by Crippen LogP contribution is 2.17. The average molecular weight is 411 g/mol. The summed E-state index contributed by atoms with van der Waals surface area (Å²) in [5, 5.41) is 2.92. The number of nitrogens with one attached hydrogen (secondary N) is 1. The number of benzene rings is 2. The van der Waals surface area contributed by atoms with Crippen molar-refractivity contribution in [3.8, 4) is 5.75 Å². The maximum atomic E-state index is 13.1. The zero-order chi connectivity index (χ0) is 22.1. The maximum absolute atomic E-state index is 13.1. The second-order valence-electron chi connectivity index (χ2n) is 7.88. The fraction of sp³-hybridized carbons (Fsp3) is 0.440. The van der Waals surface area contributed by atoms with Gasteiger partial charge in [-0.2, -0.15) is 0 Å². The minimum absolute atomic E-state index is 0.0193. The Kier molecular flexibility index (Phi) is 8.90. The van der Waals surface area contributed by atoms with Gasteiger partial charge in [0.15, 0.2) is 0 Å². The number of aryl methyl sites for hydroxylation is 2. The number of hydrogen-bond acceptors (Lipinski definition) is 3. The zero-order valence-corrected chi connectivity index (χ0v) is 18.8. The van der Waals surface area contributed by atoms with Crippen LogP contribution in [0.25, 0.3) is 0 Å². The molecule has 0 fully saturated rings. The molecule has 0 saturated heterocycles. The predicted octanol–water partition coefficient (Wildman–Crippen LogP) is 4.13. The van der Waals surface area contributed by atoms with Crippen LogP contribution in [0.5, 0.6) is 5.75 Å². The van der Waals surface area contributed by atoms with E-state index in [0.29, 0.717) is 19.4 Å². The lowest BCUT2D eigenvalue weighted by molar-refractivity contribution is -0.140. The van der Waals surface area contributed by atoms with E-state index in [1.165, 1.54) is 5.56 Å². The monoisotopic (exact) mass is 410 g/mol. The molecule has 2 amide bonds. The summed E-state index contributed by atoms with van der Waals surface area (Å²) in [7, 11) is 1.62. The number of carbonyl (C=O) groups excluding carboxylic acids is 2. The first-order valence-corrected chi connectivity index (χ1v) is 10.6. The molecule has 0 heterocycles. The molecule has 30 heavy (non-hydrogen) atoms. The molecule has 5 nitrogen and oxygen atoms in total. The van der Waals surface area contributed by atoms with Gasteiger partial charge in [-0.05, 0) is 62.4 Å². The first-order chi connectivity index (χ1) is 14.3. The molecule has 1 N–H and O–H groups in total. The van der Waals surface area contributed by atoms with E-state index in [-0.39, 0.29) is 17.9 Å². The third-order valence-corrected chi connectivity index (χ3v) is 5.14. The van der Waals surface area contributed by atoms with Crippen molar-refractivity contribution < 1.29 is 14.3 Å². The molecule has 2 aromatic carbocycles. The van der Waals surface area contributed by atoms with Gasteiger partial charge in [0.25, 0.3) is 0 Å². The van der Waals surface area contributed by atoms with E-state index in [0.717, 1.165) is 23.3 Å². The van der Waals surface area contributed by atoms with Gasteiger partial charge in [-0.25, -0.2) is 0 Å². The minimum Gasteiger partial charge on any atom is -0.497 e. The van der Waals surface area contributed by atoms with E-state index < -0.39 is 6.04 Å². The molecule has 0 bridgehead atoms. The van der Waals surface area contributed by atoms with Crippen LogP contribution in [0.2, 0.25) is 0 Å². The third kappa shape index (κ3) is 6.90. The molecule has 5 heteroatoms. The van der Waals surface area contributed by atoms with Crippen LogP contribution in [0, 0.1) is 0 Å². The summed E-state index contributed by atoms with van der Waals surface area (Å²) >= 11 is 0.